The van der Waals surface area contributed by atoms with Crippen molar-refractivity contribution < 1.29 is 13.5 Å². The molecule has 1 heterocycles. The van der Waals surface area contributed by atoms with E-state index in [9.17, 15) is 13.5 Å². The highest BCUT2D eigenvalue weighted by Crippen LogP contribution is 2.42. The van der Waals surface area contributed by atoms with Crippen LogP contribution in [0.25, 0.3) is 0 Å². The van der Waals surface area contributed by atoms with E-state index < -0.39 is 15.7 Å². The van der Waals surface area contributed by atoms with Gasteiger partial charge in [0, 0.05) is 19.7 Å². The molecule has 21 heavy (non-hydrogen) atoms. The Morgan fingerprint density at radius 2 is 2.05 bits per heavy atom. The van der Waals surface area contributed by atoms with Gasteiger partial charge in [-0.2, -0.15) is 0 Å². The Morgan fingerprint density at radius 3 is 2.52 bits per heavy atom. The molecule has 1 aromatic carbocycles. The van der Waals surface area contributed by atoms with E-state index in [0.717, 1.165) is 0 Å². The Morgan fingerprint density at radius 1 is 1.43 bits per heavy atom. The molecule has 3 N–H and O–H groups in total. The van der Waals surface area contributed by atoms with Crippen LogP contribution in [0.1, 0.15) is 5.56 Å². The largest absolute Gasteiger partial charge is 0.366 e. The van der Waals surface area contributed by atoms with E-state index in [0.29, 0.717) is 5.17 Å². The number of aliphatic imine (C=N–C) groups is 1. The Labute approximate surface area is 137 Å². The van der Waals surface area contributed by atoms with E-state index in [1.807, 2.05) is 0 Å². The highest BCUT2D eigenvalue weighted by atomic mass is 35.5. The van der Waals surface area contributed by atoms with Gasteiger partial charge >= 0.3 is 0 Å². The van der Waals surface area contributed by atoms with Crippen molar-refractivity contribution in [1.29, 1.82) is 0 Å². The molecule has 0 amide bonds. The van der Waals surface area contributed by atoms with Crippen molar-refractivity contribution in [3.63, 3.8) is 0 Å². The van der Waals surface area contributed by atoms with Gasteiger partial charge in [0.1, 0.15) is 4.90 Å². The Bertz CT molecular complexity index is 724. The lowest BCUT2D eigenvalue weighted by Gasteiger charge is -2.32. The van der Waals surface area contributed by atoms with Crippen LogP contribution in [0.5, 0.6) is 0 Å². The molecule has 0 radical (unpaired) electrons. The maximum atomic E-state index is 11.6. The van der Waals surface area contributed by atoms with Gasteiger partial charge in [-0.25, -0.2) is 13.6 Å². The summed E-state index contributed by atoms with van der Waals surface area (Å²) in [7, 11) is -0.779. The van der Waals surface area contributed by atoms with Crippen LogP contribution in [0.2, 0.25) is 10.0 Å². The first-order valence-corrected chi connectivity index (χ1v) is 8.98. The molecule has 2 rings (SSSR count). The number of hydrogen-bond acceptors (Lipinski definition) is 5. The van der Waals surface area contributed by atoms with Crippen molar-refractivity contribution in [3.8, 4) is 0 Å². The first kappa shape index (κ1) is 16.9. The average Bonchev–Trinajstić information content (AvgIpc) is 2.65. The molecule has 0 aromatic heterocycles. The fourth-order valence-electron chi connectivity index (χ4n) is 2.04. The van der Waals surface area contributed by atoms with Crippen LogP contribution in [0.4, 0.5) is 0 Å². The Balaban J connectivity index is 2.65. The molecule has 1 saturated heterocycles. The molecule has 1 aromatic rings. The van der Waals surface area contributed by atoms with Crippen LogP contribution in [-0.4, -0.2) is 43.4 Å². The third-order valence-corrected chi connectivity index (χ3v) is 6.14. The molecule has 0 saturated carbocycles. The van der Waals surface area contributed by atoms with Crippen LogP contribution in [0, 0.1) is 0 Å². The highest BCUT2D eigenvalue weighted by Gasteiger charge is 2.44. The van der Waals surface area contributed by atoms with Crippen molar-refractivity contribution in [1.82, 2.24) is 4.90 Å². The number of sulfonamides is 1. The lowest BCUT2D eigenvalue weighted by atomic mass is 10.0. The fourth-order valence-corrected chi connectivity index (χ4v) is 4.67. The van der Waals surface area contributed by atoms with Gasteiger partial charge in [-0.15, -0.1) is 0 Å². The van der Waals surface area contributed by atoms with E-state index in [-0.39, 0.29) is 26.3 Å². The first-order valence-electron chi connectivity index (χ1n) is 5.69. The summed E-state index contributed by atoms with van der Waals surface area (Å²) in [5.41, 5.74) is -1.27. The minimum absolute atomic E-state index is 0.0902. The molecule has 10 heteroatoms. The molecule has 0 bridgehead atoms. The molecule has 0 aliphatic carbocycles. The third kappa shape index (κ3) is 2.88. The summed E-state index contributed by atoms with van der Waals surface area (Å²) >= 11 is 13.3. The second kappa shape index (κ2) is 5.60. The topological polar surface area (TPSA) is 96.0 Å². The summed E-state index contributed by atoms with van der Waals surface area (Å²) in [6.45, 7) is 0. The number of halogens is 2. The number of hydrogen-bond donors (Lipinski definition) is 2. The van der Waals surface area contributed by atoms with Crippen molar-refractivity contribution in [2.24, 2.45) is 10.1 Å². The summed E-state index contributed by atoms with van der Waals surface area (Å²) in [5.74, 6) is 0.252. The van der Waals surface area contributed by atoms with E-state index in [1.165, 1.54) is 28.8 Å². The van der Waals surface area contributed by atoms with Gasteiger partial charge < -0.3 is 10.0 Å². The molecule has 6 nitrogen and oxygen atoms in total. The molecule has 1 aliphatic rings. The zero-order valence-electron chi connectivity index (χ0n) is 11.2. The smallest absolute Gasteiger partial charge is 0.239 e. The highest BCUT2D eigenvalue weighted by molar-refractivity contribution is 8.14. The average molecular weight is 370 g/mol. The van der Waals surface area contributed by atoms with E-state index >= 15 is 0 Å². The van der Waals surface area contributed by atoms with Gasteiger partial charge in [-0.1, -0.05) is 35.0 Å². The monoisotopic (exact) mass is 369 g/mol. The van der Waals surface area contributed by atoms with E-state index in [4.69, 9.17) is 28.3 Å². The lowest BCUT2D eigenvalue weighted by molar-refractivity contribution is -0.0348. The number of benzene rings is 1. The van der Waals surface area contributed by atoms with Gasteiger partial charge in [0.15, 0.2) is 10.9 Å². The van der Waals surface area contributed by atoms with Crippen LogP contribution >= 0.6 is 35.0 Å². The van der Waals surface area contributed by atoms with Crippen molar-refractivity contribution in [2.75, 3.05) is 19.8 Å². The maximum Gasteiger partial charge on any atom is 0.239 e. The number of thioether (sulfide) groups is 1. The van der Waals surface area contributed by atoms with Gasteiger partial charge in [0.2, 0.25) is 10.0 Å². The van der Waals surface area contributed by atoms with Crippen LogP contribution in [0.15, 0.2) is 22.0 Å². The molecular formula is C11H13Cl2N3O3S2. The minimum atomic E-state index is -4.02. The zero-order valence-corrected chi connectivity index (χ0v) is 14.3. The lowest BCUT2D eigenvalue weighted by Crippen LogP contribution is -2.42. The fraction of sp³-hybridized carbons (Fsp3) is 0.364. The number of aliphatic hydroxyl groups is 1. The van der Waals surface area contributed by atoms with Crippen molar-refractivity contribution in [3.05, 3.63) is 27.7 Å². The number of nitrogens with two attached hydrogens (primary N) is 1. The maximum absolute atomic E-state index is 11.6. The van der Waals surface area contributed by atoms with Gasteiger partial charge in [-0.3, -0.25) is 4.99 Å². The van der Waals surface area contributed by atoms with Crippen LogP contribution in [-0.2, 0) is 15.7 Å². The molecule has 116 valence electrons. The number of amidine groups is 1. The number of rotatable bonds is 2. The van der Waals surface area contributed by atoms with Crippen LogP contribution in [0.3, 0.4) is 0 Å². The van der Waals surface area contributed by atoms with Crippen LogP contribution < -0.4 is 5.14 Å². The quantitative estimate of drug-likeness (QED) is 0.822. The Kier molecular flexibility index (Phi) is 4.50. The Hall–Kier alpha value is -0.510. The summed E-state index contributed by atoms with van der Waals surface area (Å²) in [4.78, 5) is 5.29. The third-order valence-electron chi connectivity index (χ3n) is 3.20. The number of nitrogens with zero attached hydrogens (tertiary/aromatic N) is 2. The zero-order chi connectivity index (χ0) is 16.0. The van der Waals surface area contributed by atoms with Crippen molar-refractivity contribution in [2.45, 2.75) is 10.6 Å². The second-order valence-electron chi connectivity index (χ2n) is 4.48. The summed E-state index contributed by atoms with van der Waals surface area (Å²) in [6.07, 6.45) is 0. The van der Waals surface area contributed by atoms with E-state index in [2.05, 4.69) is 4.99 Å². The standard InChI is InChI=1S/C11H13Cl2N3O3S2/c1-15-10-16(2)11(17,5-20-10)6-3-9(21(14,18)19)8(13)4-7(6)12/h3-4,17H,5H2,1-2H3,(H2,14,18,19). The molecule has 0 spiro atoms. The molecule has 1 aliphatic heterocycles. The summed E-state index contributed by atoms with van der Waals surface area (Å²) < 4.78 is 23.1. The van der Waals surface area contributed by atoms with Gasteiger partial charge in [0.05, 0.1) is 15.8 Å². The van der Waals surface area contributed by atoms with Gasteiger partial charge in [0.25, 0.3) is 0 Å². The number of primary sulfonamides is 1. The van der Waals surface area contributed by atoms with Crippen molar-refractivity contribution >= 4 is 50.2 Å². The van der Waals surface area contributed by atoms with E-state index in [1.54, 1.807) is 14.1 Å². The first-order chi connectivity index (χ1) is 9.61. The second-order valence-corrected chi connectivity index (χ2v) is 7.76. The summed E-state index contributed by atoms with van der Waals surface area (Å²) in [5, 5.41) is 16.7. The minimum Gasteiger partial charge on any atom is -0.366 e. The summed E-state index contributed by atoms with van der Waals surface area (Å²) in [6, 6.07) is 2.46. The molecule has 1 fully saturated rings. The SMILES string of the molecule is CN=C1SCC(O)(c2cc(S(N)(=O)=O)c(Cl)cc2Cl)N1C. The predicted octanol–water partition coefficient (Wildman–Crippen LogP) is 1.45. The molecular weight excluding hydrogens is 357 g/mol. The van der Waals surface area contributed by atoms with Gasteiger partial charge in [-0.05, 0) is 12.1 Å². The normalized spacial score (nSPS) is 24.9. The predicted molar refractivity (Wildman–Crippen MR) is 85.3 cm³/mol. The molecule has 1 unspecified atom stereocenters. The molecule has 1 atom stereocenters.